The Kier molecular flexibility index (Phi) is 5.94. The molecule has 0 bridgehead atoms. The van der Waals surface area contributed by atoms with Gasteiger partial charge >= 0.3 is 5.97 Å². The van der Waals surface area contributed by atoms with Gasteiger partial charge in [-0.3, -0.25) is 4.79 Å². The van der Waals surface area contributed by atoms with Gasteiger partial charge in [-0.1, -0.05) is 6.08 Å². The maximum Gasteiger partial charge on any atom is 0.330 e. The molecule has 0 aliphatic rings. The van der Waals surface area contributed by atoms with Crippen LogP contribution in [0.25, 0.3) is 0 Å². The Morgan fingerprint density at radius 1 is 1.27 bits per heavy atom. The van der Waals surface area contributed by atoms with Gasteiger partial charge in [0.05, 0.1) is 7.11 Å². The van der Waals surface area contributed by atoms with E-state index >= 15 is 0 Å². The molecule has 0 unspecified atom stereocenters. The molecule has 3 nitrogen and oxygen atoms in total. The SMILES string of the molecule is COC(=O)C=C(C)C=CC(F)=C(C)C=O. The number of rotatable bonds is 4. The lowest BCUT2D eigenvalue weighted by molar-refractivity contribution is -0.134. The van der Waals surface area contributed by atoms with E-state index < -0.39 is 11.8 Å². The normalized spacial score (nSPS) is 13.7. The van der Waals surface area contributed by atoms with Gasteiger partial charge in [0.25, 0.3) is 0 Å². The molecule has 0 fully saturated rings. The molecule has 0 radical (unpaired) electrons. The molecule has 0 atom stereocenters. The maximum atomic E-state index is 13.0. The molecule has 82 valence electrons. The number of esters is 1. The molecular formula is C11H13FO3. The summed E-state index contributed by atoms with van der Waals surface area (Å²) in [6, 6.07) is 0. The zero-order valence-electron chi connectivity index (χ0n) is 8.91. The molecule has 0 saturated heterocycles. The Hall–Kier alpha value is -1.71. The number of hydrogen-bond acceptors (Lipinski definition) is 3. The lowest BCUT2D eigenvalue weighted by atomic mass is 10.2. The van der Waals surface area contributed by atoms with Gasteiger partial charge < -0.3 is 4.74 Å². The van der Waals surface area contributed by atoms with Crippen LogP contribution < -0.4 is 0 Å². The number of aldehydes is 1. The summed E-state index contributed by atoms with van der Waals surface area (Å²) in [5.41, 5.74) is 0.549. The van der Waals surface area contributed by atoms with E-state index in [9.17, 15) is 14.0 Å². The van der Waals surface area contributed by atoms with E-state index in [0.29, 0.717) is 11.9 Å². The van der Waals surface area contributed by atoms with E-state index in [1.165, 1.54) is 26.2 Å². The van der Waals surface area contributed by atoms with Crippen molar-refractivity contribution in [3.8, 4) is 0 Å². The number of allylic oxidation sites excluding steroid dienone is 5. The van der Waals surface area contributed by atoms with Gasteiger partial charge in [-0.25, -0.2) is 9.18 Å². The van der Waals surface area contributed by atoms with Gasteiger partial charge in [0.15, 0.2) is 0 Å². The minimum absolute atomic E-state index is 0.0112. The van der Waals surface area contributed by atoms with Crippen molar-refractivity contribution in [1.29, 1.82) is 0 Å². The van der Waals surface area contributed by atoms with Crippen LogP contribution in [0.4, 0.5) is 4.39 Å². The van der Waals surface area contributed by atoms with Crippen molar-refractivity contribution in [1.82, 2.24) is 0 Å². The maximum absolute atomic E-state index is 13.0. The molecule has 4 heteroatoms. The van der Waals surface area contributed by atoms with Crippen LogP contribution in [-0.4, -0.2) is 19.4 Å². The molecule has 0 aromatic rings. The van der Waals surface area contributed by atoms with Crippen molar-refractivity contribution in [3.05, 3.63) is 35.2 Å². The Bertz CT molecular complexity index is 338. The Balaban J connectivity index is 4.61. The molecule has 0 N–H and O–H groups in total. The second-order valence-electron chi connectivity index (χ2n) is 2.89. The Morgan fingerprint density at radius 2 is 1.87 bits per heavy atom. The molecule has 0 rings (SSSR count). The first kappa shape index (κ1) is 13.3. The number of hydrogen-bond donors (Lipinski definition) is 0. The van der Waals surface area contributed by atoms with E-state index in [1.54, 1.807) is 6.92 Å². The van der Waals surface area contributed by atoms with Crippen LogP contribution in [0.1, 0.15) is 13.8 Å². The van der Waals surface area contributed by atoms with E-state index in [2.05, 4.69) is 4.74 Å². The fourth-order valence-corrected chi connectivity index (χ4v) is 0.685. The van der Waals surface area contributed by atoms with Crippen molar-refractivity contribution in [3.63, 3.8) is 0 Å². The molecule has 0 aromatic carbocycles. The molecule has 0 aliphatic heterocycles. The smallest absolute Gasteiger partial charge is 0.330 e. The van der Waals surface area contributed by atoms with Crippen LogP contribution >= 0.6 is 0 Å². The highest BCUT2D eigenvalue weighted by atomic mass is 19.1. The first-order chi connectivity index (χ1) is 7.01. The van der Waals surface area contributed by atoms with Gasteiger partial charge in [0.1, 0.15) is 12.1 Å². The predicted molar refractivity (Wildman–Crippen MR) is 54.8 cm³/mol. The molecule has 0 aromatic heterocycles. The summed E-state index contributed by atoms with van der Waals surface area (Å²) in [6.45, 7) is 2.99. The molecular weight excluding hydrogens is 199 g/mol. The fraction of sp³-hybridized carbons (Fsp3) is 0.273. The predicted octanol–water partition coefficient (Wildman–Crippen LogP) is 2.10. The van der Waals surface area contributed by atoms with E-state index in [1.807, 2.05) is 0 Å². The second-order valence-corrected chi connectivity index (χ2v) is 2.89. The standard InChI is InChI=1S/C11H13FO3/c1-8(6-11(14)15-3)4-5-10(12)9(2)7-13/h4-7H,1-3H3. The highest BCUT2D eigenvalue weighted by Gasteiger charge is 1.96. The molecule has 0 saturated carbocycles. The van der Waals surface area contributed by atoms with Crippen LogP contribution in [-0.2, 0) is 14.3 Å². The monoisotopic (exact) mass is 212 g/mol. The minimum atomic E-state index is -0.623. The number of carbonyl (C=O) groups excluding carboxylic acids is 2. The van der Waals surface area contributed by atoms with E-state index in [0.717, 1.165) is 6.08 Å². The third-order valence-corrected chi connectivity index (χ3v) is 1.59. The van der Waals surface area contributed by atoms with Gasteiger partial charge in [-0.15, -0.1) is 0 Å². The molecule has 0 spiro atoms. The van der Waals surface area contributed by atoms with Crippen molar-refractivity contribution in [2.24, 2.45) is 0 Å². The quantitative estimate of drug-likeness (QED) is 0.310. The van der Waals surface area contributed by atoms with Crippen LogP contribution in [0.15, 0.2) is 35.2 Å². The number of ether oxygens (including phenoxy) is 1. The lowest BCUT2D eigenvalue weighted by Gasteiger charge is -1.93. The summed E-state index contributed by atoms with van der Waals surface area (Å²) in [6.07, 6.45) is 4.16. The topological polar surface area (TPSA) is 43.4 Å². The van der Waals surface area contributed by atoms with Crippen LogP contribution in [0.5, 0.6) is 0 Å². The Labute approximate surface area is 87.9 Å². The molecule has 0 aliphatic carbocycles. The van der Waals surface area contributed by atoms with Gasteiger partial charge in [0.2, 0.25) is 0 Å². The van der Waals surface area contributed by atoms with Crippen molar-refractivity contribution in [2.75, 3.05) is 7.11 Å². The second kappa shape index (κ2) is 6.70. The number of methoxy groups -OCH3 is 1. The van der Waals surface area contributed by atoms with E-state index in [-0.39, 0.29) is 5.57 Å². The summed E-state index contributed by atoms with van der Waals surface area (Å²) in [5.74, 6) is -1.13. The van der Waals surface area contributed by atoms with Gasteiger partial charge in [-0.2, -0.15) is 0 Å². The zero-order chi connectivity index (χ0) is 11.8. The summed E-state index contributed by atoms with van der Waals surface area (Å²) >= 11 is 0. The first-order valence-corrected chi connectivity index (χ1v) is 4.27. The third-order valence-electron chi connectivity index (χ3n) is 1.59. The number of carbonyl (C=O) groups is 2. The largest absolute Gasteiger partial charge is 0.466 e. The van der Waals surface area contributed by atoms with E-state index in [4.69, 9.17) is 0 Å². The summed E-state index contributed by atoms with van der Waals surface area (Å²) in [7, 11) is 1.26. The first-order valence-electron chi connectivity index (χ1n) is 4.27. The fourth-order valence-electron chi connectivity index (χ4n) is 0.685. The average molecular weight is 212 g/mol. The summed E-state index contributed by atoms with van der Waals surface area (Å²) in [5, 5.41) is 0. The molecule has 0 amide bonds. The van der Waals surface area contributed by atoms with Crippen molar-refractivity contribution >= 4 is 12.3 Å². The zero-order valence-corrected chi connectivity index (χ0v) is 8.91. The van der Waals surface area contributed by atoms with Gasteiger partial charge in [0, 0.05) is 11.6 Å². The molecule has 0 heterocycles. The van der Waals surface area contributed by atoms with Gasteiger partial charge in [-0.05, 0) is 25.5 Å². The lowest BCUT2D eigenvalue weighted by Crippen LogP contribution is -1.94. The van der Waals surface area contributed by atoms with Crippen LogP contribution in [0.3, 0.4) is 0 Å². The Morgan fingerprint density at radius 3 is 2.33 bits per heavy atom. The van der Waals surface area contributed by atoms with Crippen molar-refractivity contribution < 1.29 is 18.7 Å². The van der Waals surface area contributed by atoms with Crippen molar-refractivity contribution in [2.45, 2.75) is 13.8 Å². The minimum Gasteiger partial charge on any atom is -0.466 e. The highest BCUT2D eigenvalue weighted by Crippen LogP contribution is 2.07. The molecule has 15 heavy (non-hydrogen) atoms. The summed E-state index contributed by atoms with van der Waals surface area (Å²) < 4.78 is 17.4. The van der Waals surface area contributed by atoms with Crippen LogP contribution in [0, 0.1) is 0 Å². The highest BCUT2D eigenvalue weighted by molar-refractivity contribution is 5.83. The number of halogens is 1. The third kappa shape index (κ3) is 5.57. The summed E-state index contributed by atoms with van der Waals surface area (Å²) in [4.78, 5) is 21.0. The average Bonchev–Trinajstić information content (AvgIpc) is 2.24. The van der Waals surface area contributed by atoms with Crippen LogP contribution in [0.2, 0.25) is 0 Å².